The summed E-state index contributed by atoms with van der Waals surface area (Å²) in [4.78, 5) is 29.5. The van der Waals surface area contributed by atoms with Gasteiger partial charge in [0.1, 0.15) is 5.69 Å². The second-order valence-corrected chi connectivity index (χ2v) is 2.39. The molecule has 0 fully saturated rings. The number of hydrogen-bond acceptors (Lipinski definition) is 4. The maximum Gasteiger partial charge on any atom is 0.269 e. The molecule has 0 aliphatic heterocycles. The second kappa shape index (κ2) is 3.75. The quantitative estimate of drug-likeness (QED) is 0.684. The van der Waals surface area contributed by atoms with Gasteiger partial charge in [0.2, 0.25) is 0 Å². The van der Waals surface area contributed by atoms with E-state index in [1.165, 1.54) is 12.4 Å². The Morgan fingerprint density at radius 2 is 1.92 bits per heavy atom. The predicted octanol–water partition coefficient (Wildman–Crippen LogP) is 0.414. The van der Waals surface area contributed by atoms with E-state index in [4.69, 9.17) is 5.73 Å². The minimum absolute atomic E-state index is 0. The summed E-state index contributed by atoms with van der Waals surface area (Å²) in [6, 6.07) is 0. The van der Waals surface area contributed by atoms with Crippen LogP contribution in [-0.4, -0.2) is 21.7 Å². The smallest absolute Gasteiger partial charge is 0.269 e. The lowest BCUT2D eigenvalue weighted by Gasteiger charge is -2.00. The summed E-state index contributed by atoms with van der Waals surface area (Å²) in [5.41, 5.74) is 5.01. The molecule has 0 aliphatic rings. The number of hydrogen-bond donors (Lipinski definition) is 1. The monoisotopic (exact) mass is 181 g/mol. The van der Waals surface area contributed by atoms with Gasteiger partial charge in [-0.15, -0.1) is 0 Å². The average molecular weight is 181 g/mol. The lowest BCUT2D eigenvalue weighted by Crippen LogP contribution is -2.19. The van der Waals surface area contributed by atoms with Gasteiger partial charge in [0.05, 0.1) is 0 Å². The Bertz CT molecular complexity index is 354. The van der Waals surface area contributed by atoms with E-state index in [-0.39, 0.29) is 25.0 Å². The molecule has 0 aliphatic carbocycles. The molecule has 1 amide bonds. The number of amides is 1. The van der Waals surface area contributed by atoms with Crippen molar-refractivity contribution in [1.29, 1.82) is 0 Å². The third-order valence-corrected chi connectivity index (χ3v) is 1.52. The summed E-state index contributed by atoms with van der Waals surface area (Å²) >= 11 is 0. The number of rotatable bonds is 3. The van der Waals surface area contributed by atoms with Gasteiger partial charge >= 0.3 is 0 Å². The number of aromatic nitrogens is 2. The molecule has 0 unspecified atom stereocenters. The van der Waals surface area contributed by atoms with Crippen molar-refractivity contribution in [3.05, 3.63) is 23.8 Å². The molecule has 0 bridgehead atoms. The van der Waals surface area contributed by atoms with Crippen LogP contribution in [0.25, 0.3) is 0 Å². The fourth-order valence-electron chi connectivity index (χ4n) is 0.890. The van der Waals surface area contributed by atoms with Crippen LogP contribution >= 0.6 is 0 Å². The summed E-state index contributed by atoms with van der Waals surface area (Å²) < 4.78 is 0. The minimum atomic E-state index is -0.732. The van der Waals surface area contributed by atoms with Crippen molar-refractivity contribution in [2.75, 3.05) is 0 Å². The summed E-state index contributed by atoms with van der Waals surface area (Å²) in [7, 11) is 0. The van der Waals surface area contributed by atoms with Gasteiger partial charge in [0, 0.05) is 20.2 Å². The highest BCUT2D eigenvalue weighted by molar-refractivity contribution is 6.04. The van der Waals surface area contributed by atoms with Crippen LogP contribution in [0.4, 0.5) is 0 Å². The van der Waals surface area contributed by atoms with E-state index in [9.17, 15) is 9.59 Å². The molecule has 0 atom stereocenters. The number of carbonyl (C=O) groups is 2. The third kappa shape index (κ3) is 1.87. The highest BCUT2D eigenvalue weighted by Crippen LogP contribution is 2.03. The van der Waals surface area contributed by atoms with E-state index < -0.39 is 5.91 Å². The highest BCUT2D eigenvalue weighted by Gasteiger charge is 2.15. The van der Waals surface area contributed by atoms with E-state index in [0.29, 0.717) is 0 Å². The number of ketones is 1. The van der Waals surface area contributed by atoms with Crippen molar-refractivity contribution in [3.63, 3.8) is 0 Å². The van der Waals surface area contributed by atoms with E-state index in [2.05, 4.69) is 9.97 Å². The van der Waals surface area contributed by atoms with Crippen LogP contribution in [-0.2, 0) is 0 Å². The molecule has 0 spiro atoms. The van der Waals surface area contributed by atoms with E-state index in [0.717, 1.165) is 0 Å². The fourth-order valence-corrected chi connectivity index (χ4v) is 0.890. The Morgan fingerprint density at radius 3 is 2.38 bits per heavy atom. The van der Waals surface area contributed by atoms with Gasteiger partial charge in [0.15, 0.2) is 11.5 Å². The molecule has 70 valence electrons. The normalized spacial score (nSPS) is 9.62. The Labute approximate surface area is 76.5 Å². The molecule has 0 aromatic carbocycles. The third-order valence-electron chi connectivity index (χ3n) is 1.52. The lowest BCUT2D eigenvalue weighted by atomic mass is 10.2. The van der Waals surface area contributed by atoms with Crippen LogP contribution in [0.5, 0.6) is 0 Å². The lowest BCUT2D eigenvalue weighted by molar-refractivity contribution is 0.0953. The maximum atomic E-state index is 11.2. The SMILES string of the molecule is CCC(=O)c1nccnc1C(N)=O.[HH]. The Hall–Kier alpha value is -1.78. The number of carbonyl (C=O) groups excluding carboxylic acids is 2. The van der Waals surface area contributed by atoms with Gasteiger partial charge in [-0.25, -0.2) is 9.97 Å². The van der Waals surface area contributed by atoms with Gasteiger partial charge in [-0.3, -0.25) is 9.59 Å². The predicted molar refractivity (Wildman–Crippen MR) is 47.3 cm³/mol. The van der Waals surface area contributed by atoms with E-state index >= 15 is 0 Å². The Kier molecular flexibility index (Phi) is 2.69. The maximum absolute atomic E-state index is 11.2. The Morgan fingerprint density at radius 1 is 1.38 bits per heavy atom. The van der Waals surface area contributed by atoms with Crippen LogP contribution in [0.1, 0.15) is 35.7 Å². The van der Waals surface area contributed by atoms with Crippen molar-refractivity contribution in [3.8, 4) is 0 Å². The molecule has 5 nitrogen and oxygen atoms in total. The Balaban J connectivity index is 0.00000169. The van der Waals surface area contributed by atoms with E-state index in [1.807, 2.05) is 0 Å². The molecule has 0 radical (unpaired) electrons. The zero-order valence-corrected chi connectivity index (χ0v) is 7.15. The van der Waals surface area contributed by atoms with Gasteiger partial charge in [-0.2, -0.15) is 0 Å². The first-order valence-electron chi connectivity index (χ1n) is 3.80. The number of nitrogens with two attached hydrogens (primary N) is 1. The first kappa shape index (κ1) is 9.31. The molecule has 1 aromatic rings. The fraction of sp³-hybridized carbons (Fsp3) is 0.250. The van der Waals surface area contributed by atoms with Gasteiger partial charge < -0.3 is 5.73 Å². The number of nitrogens with zero attached hydrogens (tertiary/aromatic N) is 2. The second-order valence-electron chi connectivity index (χ2n) is 2.39. The minimum Gasteiger partial charge on any atom is -0.364 e. The van der Waals surface area contributed by atoms with Crippen LogP contribution in [0, 0.1) is 0 Å². The number of Topliss-reactive ketones (excluding diaryl/α,β-unsaturated/α-hetero) is 1. The molecular weight excluding hydrogens is 170 g/mol. The summed E-state index contributed by atoms with van der Waals surface area (Å²) in [5.74, 6) is -0.966. The van der Waals surface area contributed by atoms with Gasteiger partial charge in [0.25, 0.3) is 5.91 Å². The number of primary amides is 1. The van der Waals surface area contributed by atoms with Crippen molar-refractivity contribution in [1.82, 2.24) is 9.97 Å². The molecule has 5 heteroatoms. The molecule has 1 heterocycles. The molecule has 13 heavy (non-hydrogen) atoms. The van der Waals surface area contributed by atoms with Crippen LogP contribution in [0.2, 0.25) is 0 Å². The standard InChI is InChI=1S/C8H9N3O2.H2/c1-2-5(12)6-7(8(9)13)11-4-3-10-6;/h3-4H,2H2,1H3,(H2,9,13);1H. The topological polar surface area (TPSA) is 85.9 Å². The highest BCUT2D eigenvalue weighted by atomic mass is 16.1. The zero-order valence-electron chi connectivity index (χ0n) is 7.15. The molecule has 0 saturated heterocycles. The van der Waals surface area contributed by atoms with Crippen molar-refractivity contribution >= 4 is 11.7 Å². The summed E-state index contributed by atoms with van der Waals surface area (Å²) in [6.07, 6.45) is 2.96. The largest absolute Gasteiger partial charge is 0.364 e. The van der Waals surface area contributed by atoms with E-state index in [1.54, 1.807) is 6.92 Å². The van der Waals surface area contributed by atoms with Gasteiger partial charge in [-0.05, 0) is 0 Å². The van der Waals surface area contributed by atoms with Crippen LogP contribution in [0.15, 0.2) is 12.4 Å². The van der Waals surface area contributed by atoms with Crippen molar-refractivity contribution < 1.29 is 11.0 Å². The molecule has 2 N–H and O–H groups in total. The summed E-state index contributed by atoms with van der Waals surface area (Å²) in [5, 5.41) is 0. The van der Waals surface area contributed by atoms with Gasteiger partial charge in [-0.1, -0.05) is 6.92 Å². The summed E-state index contributed by atoms with van der Waals surface area (Å²) in [6.45, 7) is 1.68. The average Bonchev–Trinajstić information content (AvgIpc) is 2.16. The van der Waals surface area contributed by atoms with Crippen molar-refractivity contribution in [2.45, 2.75) is 13.3 Å². The van der Waals surface area contributed by atoms with Crippen LogP contribution in [0.3, 0.4) is 0 Å². The molecule has 1 aromatic heterocycles. The first-order chi connectivity index (χ1) is 6.16. The van der Waals surface area contributed by atoms with Crippen molar-refractivity contribution in [2.24, 2.45) is 5.73 Å². The molecule has 1 rings (SSSR count). The first-order valence-corrected chi connectivity index (χ1v) is 3.80. The molecular formula is C8H11N3O2. The zero-order chi connectivity index (χ0) is 9.84. The molecule has 0 saturated carbocycles. The van der Waals surface area contributed by atoms with Crippen LogP contribution < -0.4 is 5.73 Å².